The minimum Gasteiger partial charge on any atom is -0.465 e. The quantitative estimate of drug-likeness (QED) is 0.872. The molecule has 0 aliphatic heterocycles. The molecule has 0 radical (unpaired) electrons. The van der Waals surface area contributed by atoms with E-state index in [2.05, 4.69) is 17.2 Å². The SMILES string of the molecule is COC(=O)c1ccccc1NC(C)c1nc(C)sc1C. The first-order valence-electron chi connectivity index (χ1n) is 6.40. The lowest BCUT2D eigenvalue weighted by atomic mass is 10.1. The summed E-state index contributed by atoms with van der Waals surface area (Å²) in [5, 5.41) is 4.39. The van der Waals surface area contributed by atoms with Crippen LogP contribution in [0.3, 0.4) is 0 Å². The Kier molecular flexibility index (Phi) is 4.39. The van der Waals surface area contributed by atoms with Crippen LogP contribution in [0.1, 0.15) is 38.9 Å². The number of esters is 1. The number of benzene rings is 1. The highest BCUT2D eigenvalue weighted by Gasteiger charge is 2.16. The fourth-order valence-electron chi connectivity index (χ4n) is 2.15. The van der Waals surface area contributed by atoms with E-state index >= 15 is 0 Å². The molecule has 0 aliphatic carbocycles. The summed E-state index contributed by atoms with van der Waals surface area (Å²) in [6, 6.07) is 7.36. The highest BCUT2D eigenvalue weighted by Crippen LogP contribution is 2.27. The van der Waals surface area contributed by atoms with E-state index in [0.29, 0.717) is 5.56 Å². The Morgan fingerprint density at radius 2 is 2.05 bits per heavy atom. The highest BCUT2D eigenvalue weighted by molar-refractivity contribution is 7.11. The Hall–Kier alpha value is -1.88. The molecule has 1 heterocycles. The molecular formula is C15H18N2O2S. The van der Waals surface area contributed by atoms with Crippen molar-refractivity contribution in [1.29, 1.82) is 0 Å². The van der Waals surface area contributed by atoms with E-state index in [1.807, 2.05) is 32.0 Å². The second-order valence-electron chi connectivity index (χ2n) is 4.58. The number of carbonyl (C=O) groups excluding carboxylic acids is 1. The lowest BCUT2D eigenvalue weighted by Gasteiger charge is -2.16. The van der Waals surface area contributed by atoms with Crippen LogP contribution in [0.4, 0.5) is 5.69 Å². The van der Waals surface area contributed by atoms with Crippen LogP contribution in [0.5, 0.6) is 0 Å². The van der Waals surface area contributed by atoms with Gasteiger partial charge in [0, 0.05) is 10.6 Å². The smallest absolute Gasteiger partial charge is 0.339 e. The van der Waals surface area contributed by atoms with Crippen LogP contribution < -0.4 is 5.32 Å². The van der Waals surface area contributed by atoms with Crippen LogP contribution in [0.15, 0.2) is 24.3 Å². The molecule has 4 nitrogen and oxygen atoms in total. The number of hydrogen-bond donors (Lipinski definition) is 1. The molecule has 5 heteroatoms. The molecule has 1 aromatic carbocycles. The van der Waals surface area contributed by atoms with E-state index in [1.165, 1.54) is 12.0 Å². The van der Waals surface area contributed by atoms with Gasteiger partial charge in [0.25, 0.3) is 0 Å². The first-order valence-corrected chi connectivity index (χ1v) is 7.22. The van der Waals surface area contributed by atoms with Gasteiger partial charge in [0.05, 0.1) is 29.4 Å². The average molecular weight is 290 g/mol. The number of ether oxygens (including phenoxy) is 1. The summed E-state index contributed by atoms with van der Waals surface area (Å²) in [5.41, 5.74) is 2.32. The number of anilines is 1. The fraction of sp³-hybridized carbons (Fsp3) is 0.333. The van der Waals surface area contributed by atoms with Crippen molar-refractivity contribution < 1.29 is 9.53 Å². The number of thiazole rings is 1. The zero-order chi connectivity index (χ0) is 14.7. The van der Waals surface area contributed by atoms with Crippen molar-refractivity contribution in [2.24, 2.45) is 0 Å². The molecule has 0 spiro atoms. The van der Waals surface area contributed by atoms with Gasteiger partial charge in [0.1, 0.15) is 0 Å². The van der Waals surface area contributed by atoms with Gasteiger partial charge in [-0.3, -0.25) is 0 Å². The summed E-state index contributed by atoms with van der Waals surface area (Å²) < 4.78 is 4.80. The first kappa shape index (κ1) is 14.5. The predicted molar refractivity (Wildman–Crippen MR) is 81.4 cm³/mol. The molecule has 0 bridgehead atoms. The van der Waals surface area contributed by atoms with Gasteiger partial charge in [-0.15, -0.1) is 11.3 Å². The molecule has 20 heavy (non-hydrogen) atoms. The van der Waals surface area contributed by atoms with Crippen LogP contribution in [0.25, 0.3) is 0 Å². The third-order valence-corrected chi connectivity index (χ3v) is 3.96. The van der Waals surface area contributed by atoms with Gasteiger partial charge in [-0.25, -0.2) is 9.78 Å². The number of para-hydroxylation sites is 1. The Labute approximate surface area is 122 Å². The number of methoxy groups -OCH3 is 1. The van der Waals surface area contributed by atoms with Gasteiger partial charge in [0.15, 0.2) is 0 Å². The minimum atomic E-state index is -0.341. The van der Waals surface area contributed by atoms with E-state index in [1.54, 1.807) is 17.4 Å². The summed E-state index contributed by atoms with van der Waals surface area (Å²) in [4.78, 5) is 17.5. The van der Waals surface area contributed by atoms with Crippen LogP contribution in [0, 0.1) is 13.8 Å². The molecule has 2 rings (SSSR count). The summed E-state index contributed by atoms with van der Waals surface area (Å²) >= 11 is 1.68. The lowest BCUT2D eigenvalue weighted by Crippen LogP contribution is -2.12. The van der Waals surface area contributed by atoms with E-state index in [4.69, 9.17) is 4.74 Å². The molecule has 0 saturated heterocycles. The summed E-state index contributed by atoms with van der Waals surface area (Å²) in [5.74, 6) is -0.341. The molecule has 1 aromatic heterocycles. The van der Waals surface area contributed by atoms with Crippen molar-refractivity contribution in [2.45, 2.75) is 26.8 Å². The largest absolute Gasteiger partial charge is 0.465 e. The lowest BCUT2D eigenvalue weighted by molar-refractivity contribution is 0.0602. The maximum atomic E-state index is 11.7. The van der Waals surface area contributed by atoms with Crippen LogP contribution in [-0.2, 0) is 4.74 Å². The van der Waals surface area contributed by atoms with Crippen LogP contribution in [0.2, 0.25) is 0 Å². The van der Waals surface area contributed by atoms with Gasteiger partial charge in [-0.05, 0) is 32.9 Å². The molecular weight excluding hydrogens is 272 g/mol. The zero-order valence-corrected chi connectivity index (χ0v) is 12.9. The summed E-state index contributed by atoms with van der Waals surface area (Å²) in [6.45, 7) is 6.09. The number of aryl methyl sites for hydroxylation is 2. The Bertz CT molecular complexity index is 622. The molecule has 106 valence electrons. The fourth-order valence-corrected chi connectivity index (χ4v) is 3.06. The normalized spacial score (nSPS) is 12.0. The van der Waals surface area contributed by atoms with Gasteiger partial charge >= 0.3 is 5.97 Å². The minimum absolute atomic E-state index is 0.0331. The number of nitrogens with one attached hydrogen (secondary N) is 1. The molecule has 2 aromatic rings. The third kappa shape index (κ3) is 2.99. The maximum absolute atomic E-state index is 11.7. The molecule has 1 unspecified atom stereocenters. The Morgan fingerprint density at radius 3 is 2.65 bits per heavy atom. The number of aromatic nitrogens is 1. The number of hydrogen-bond acceptors (Lipinski definition) is 5. The van der Waals surface area contributed by atoms with E-state index in [0.717, 1.165) is 16.4 Å². The van der Waals surface area contributed by atoms with Crippen molar-refractivity contribution in [2.75, 3.05) is 12.4 Å². The topological polar surface area (TPSA) is 51.2 Å². The molecule has 1 N–H and O–H groups in total. The van der Waals surface area contributed by atoms with Crippen molar-refractivity contribution in [3.05, 3.63) is 45.4 Å². The standard InChI is InChI=1S/C15H18N2O2S/c1-9(14-10(2)20-11(3)17-14)16-13-8-6-5-7-12(13)15(18)19-4/h5-9,16H,1-4H3. The van der Waals surface area contributed by atoms with Gasteiger partial charge in [-0.1, -0.05) is 12.1 Å². The highest BCUT2D eigenvalue weighted by atomic mass is 32.1. The monoisotopic (exact) mass is 290 g/mol. The van der Waals surface area contributed by atoms with Crippen molar-refractivity contribution in [3.63, 3.8) is 0 Å². The summed E-state index contributed by atoms with van der Waals surface area (Å²) in [7, 11) is 1.39. The molecule has 0 amide bonds. The third-order valence-electron chi connectivity index (χ3n) is 3.05. The Balaban J connectivity index is 2.26. The van der Waals surface area contributed by atoms with E-state index in [9.17, 15) is 4.79 Å². The number of carbonyl (C=O) groups is 1. The van der Waals surface area contributed by atoms with Crippen molar-refractivity contribution >= 4 is 23.0 Å². The number of rotatable bonds is 4. The molecule has 0 aliphatic rings. The Morgan fingerprint density at radius 1 is 1.35 bits per heavy atom. The zero-order valence-electron chi connectivity index (χ0n) is 12.1. The molecule has 0 saturated carbocycles. The second kappa shape index (κ2) is 6.05. The van der Waals surface area contributed by atoms with E-state index in [-0.39, 0.29) is 12.0 Å². The van der Waals surface area contributed by atoms with Gasteiger partial charge < -0.3 is 10.1 Å². The van der Waals surface area contributed by atoms with Crippen LogP contribution >= 0.6 is 11.3 Å². The van der Waals surface area contributed by atoms with E-state index < -0.39 is 0 Å². The first-order chi connectivity index (χ1) is 9.52. The maximum Gasteiger partial charge on any atom is 0.339 e. The second-order valence-corrected chi connectivity index (χ2v) is 5.98. The predicted octanol–water partition coefficient (Wildman–Crippen LogP) is 3.72. The molecule has 0 fully saturated rings. The number of nitrogens with zero attached hydrogens (tertiary/aromatic N) is 1. The van der Waals surface area contributed by atoms with Gasteiger partial charge in [0.2, 0.25) is 0 Å². The summed E-state index contributed by atoms with van der Waals surface area (Å²) in [6.07, 6.45) is 0. The molecule has 1 atom stereocenters. The average Bonchev–Trinajstić information content (AvgIpc) is 2.77. The van der Waals surface area contributed by atoms with Gasteiger partial charge in [-0.2, -0.15) is 0 Å². The van der Waals surface area contributed by atoms with Crippen LogP contribution in [-0.4, -0.2) is 18.1 Å². The van der Waals surface area contributed by atoms with Crippen molar-refractivity contribution in [3.8, 4) is 0 Å². The van der Waals surface area contributed by atoms with Crippen molar-refractivity contribution in [1.82, 2.24) is 4.98 Å².